The van der Waals surface area contributed by atoms with E-state index in [2.05, 4.69) is 9.72 Å². The normalized spacial score (nSPS) is 10.3. The summed E-state index contributed by atoms with van der Waals surface area (Å²) in [6, 6.07) is 7.74. The molecule has 0 saturated carbocycles. The Balaban J connectivity index is 2.21. The monoisotopic (exact) mass is 190 g/mol. The van der Waals surface area contributed by atoms with Gasteiger partial charge < -0.3 is 15.5 Å². The van der Waals surface area contributed by atoms with Gasteiger partial charge in [-0.25, -0.2) is 4.79 Å². The van der Waals surface area contributed by atoms with Crippen LogP contribution in [0.2, 0.25) is 0 Å². The van der Waals surface area contributed by atoms with E-state index in [-0.39, 0.29) is 6.61 Å². The zero-order valence-electron chi connectivity index (χ0n) is 7.49. The Morgan fingerprint density at radius 1 is 1.43 bits per heavy atom. The Labute approximate surface area is 80.7 Å². The van der Waals surface area contributed by atoms with E-state index in [0.717, 1.165) is 16.5 Å². The molecule has 0 saturated heterocycles. The lowest BCUT2D eigenvalue weighted by molar-refractivity contribution is 0.150. The number of nitrogens with two attached hydrogens (primary N) is 1. The molecule has 4 heteroatoms. The highest BCUT2D eigenvalue weighted by molar-refractivity contribution is 5.79. The number of carbonyl (C=O) groups excluding carboxylic acids is 1. The van der Waals surface area contributed by atoms with Gasteiger partial charge in [0.25, 0.3) is 0 Å². The minimum Gasteiger partial charge on any atom is -0.445 e. The van der Waals surface area contributed by atoms with Crippen LogP contribution in [0.25, 0.3) is 10.9 Å². The van der Waals surface area contributed by atoms with Crippen LogP contribution in [0.3, 0.4) is 0 Å². The molecule has 1 amide bonds. The molecule has 14 heavy (non-hydrogen) atoms. The fourth-order valence-electron chi connectivity index (χ4n) is 1.35. The van der Waals surface area contributed by atoms with Crippen molar-refractivity contribution in [2.45, 2.75) is 6.61 Å². The summed E-state index contributed by atoms with van der Waals surface area (Å²) in [7, 11) is 0. The fraction of sp³-hybridized carbons (Fsp3) is 0.100. The second-order valence-electron chi connectivity index (χ2n) is 3.01. The van der Waals surface area contributed by atoms with Crippen molar-refractivity contribution < 1.29 is 9.53 Å². The Hall–Kier alpha value is -1.97. The molecule has 0 radical (unpaired) electrons. The summed E-state index contributed by atoms with van der Waals surface area (Å²) < 4.78 is 4.68. The minimum absolute atomic E-state index is 0.219. The van der Waals surface area contributed by atoms with Crippen LogP contribution in [0.5, 0.6) is 0 Å². The van der Waals surface area contributed by atoms with Crippen molar-refractivity contribution in [3.63, 3.8) is 0 Å². The number of H-pyrrole nitrogens is 1. The molecule has 0 aliphatic carbocycles. The topological polar surface area (TPSA) is 68.1 Å². The highest BCUT2D eigenvalue weighted by Gasteiger charge is 1.99. The van der Waals surface area contributed by atoms with Gasteiger partial charge in [0.1, 0.15) is 6.61 Å². The van der Waals surface area contributed by atoms with Crippen LogP contribution in [0.4, 0.5) is 4.79 Å². The molecule has 4 nitrogen and oxygen atoms in total. The number of hydrogen-bond donors (Lipinski definition) is 2. The predicted octanol–water partition coefficient (Wildman–Crippen LogP) is 1.76. The zero-order valence-corrected chi connectivity index (χ0v) is 7.49. The first-order valence-corrected chi connectivity index (χ1v) is 4.24. The van der Waals surface area contributed by atoms with Crippen molar-refractivity contribution in [3.05, 3.63) is 36.0 Å². The molecule has 1 aromatic heterocycles. The van der Waals surface area contributed by atoms with Crippen LogP contribution in [-0.2, 0) is 11.3 Å². The number of aromatic nitrogens is 1. The first kappa shape index (κ1) is 8.62. The van der Waals surface area contributed by atoms with E-state index in [9.17, 15) is 4.79 Å². The third-order valence-corrected chi connectivity index (χ3v) is 2.00. The number of benzene rings is 1. The summed E-state index contributed by atoms with van der Waals surface area (Å²) in [5.74, 6) is 0. The standard InChI is InChI=1S/C10H10N2O2/c11-10(13)14-6-7-1-2-9-8(5-7)3-4-12-9/h1-5,12H,6H2,(H2,11,13). The van der Waals surface area contributed by atoms with Gasteiger partial charge in [-0.3, -0.25) is 0 Å². The van der Waals surface area contributed by atoms with Crippen molar-refractivity contribution in [1.82, 2.24) is 4.98 Å². The van der Waals surface area contributed by atoms with E-state index in [1.165, 1.54) is 0 Å². The number of primary amides is 1. The van der Waals surface area contributed by atoms with Crippen LogP contribution in [-0.4, -0.2) is 11.1 Å². The van der Waals surface area contributed by atoms with Crippen molar-refractivity contribution in [2.24, 2.45) is 5.73 Å². The molecule has 1 aromatic carbocycles. The van der Waals surface area contributed by atoms with Gasteiger partial charge in [-0.05, 0) is 29.1 Å². The molecule has 0 aliphatic heterocycles. The SMILES string of the molecule is NC(=O)OCc1ccc2[nH]ccc2c1. The highest BCUT2D eigenvalue weighted by atomic mass is 16.5. The van der Waals surface area contributed by atoms with Crippen LogP contribution in [0.1, 0.15) is 5.56 Å². The number of hydrogen-bond acceptors (Lipinski definition) is 2. The van der Waals surface area contributed by atoms with Gasteiger partial charge in [-0.1, -0.05) is 6.07 Å². The van der Waals surface area contributed by atoms with Crippen molar-refractivity contribution in [1.29, 1.82) is 0 Å². The van der Waals surface area contributed by atoms with Crippen LogP contribution >= 0.6 is 0 Å². The van der Waals surface area contributed by atoms with Gasteiger partial charge in [0.15, 0.2) is 0 Å². The molecule has 0 aliphatic rings. The first-order chi connectivity index (χ1) is 6.75. The Morgan fingerprint density at radius 2 is 2.29 bits per heavy atom. The van der Waals surface area contributed by atoms with Gasteiger partial charge >= 0.3 is 6.09 Å². The quantitative estimate of drug-likeness (QED) is 0.757. The van der Waals surface area contributed by atoms with E-state index < -0.39 is 6.09 Å². The van der Waals surface area contributed by atoms with Crippen LogP contribution in [0.15, 0.2) is 30.5 Å². The van der Waals surface area contributed by atoms with Gasteiger partial charge in [0.05, 0.1) is 0 Å². The lowest BCUT2D eigenvalue weighted by Crippen LogP contribution is -2.12. The summed E-state index contributed by atoms with van der Waals surface area (Å²) in [4.78, 5) is 13.5. The number of aromatic amines is 1. The van der Waals surface area contributed by atoms with Gasteiger partial charge in [0, 0.05) is 11.7 Å². The highest BCUT2D eigenvalue weighted by Crippen LogP contribution is 2.14. The van der Waals surface area contributed by atoms with Crippen LogP contribution in [0, 0.1) is 0 Å². The second kappa shape index (κ2) is 3.41. The molecule has 1 heterocycles. The average molecular weight is 190 g/mol. The van der Waals surface area contributed by atoms with Gasteiger partial charge in [0.2, 0.25) is 0 Å². The molecule has 2 aromatic rings. The molecular weight excluding hydrogens is 180 g/mol. The van der Waals surface area contributed by atoms with Crippen molar-refractivity contribution >= 4 is 17.0 Å². The predicted molar refractivity (Wildman–Crippen MR) is 52.7 cm³/mol. The van der Waals surface area contributed by atoms with E-state index in [1.54, 1.807) is 0 Å². The molecule has 0 spiro atoms. The maximum absolute atomic E-state index is 10.4. The Morgan fingerprint density at radius 3 is 3.07 bits per heavy atom. The zero-order chi connectivity index (χ0) is 9.97. The minimum atomic E-state index is -0.751. The molecule has 2 rings (SSSR count). The number of carbonyl (C=O) groups is 1. The maximum atomic E-state index is 10.4. The first-order valence-electron chi connectivity index (χ1n) is 4.24. The van der Waals surface area contributed by atoms with Gasteiger partial charge in [-0.15, -0.1) is 0 Å². The lowest BCUT2D eigenvalue weighted by Gasteiger charge is -2.01. The molecule has 72 valence electrons. The summed E-state index contributed by atoms with van der Waals surface area (Å²) in [6.45, 7) is 0.219. The lowest BCUT2D eigenvalue weighted by atomic mass is 10.2. The average Bonchev–Trinajstić information content (AvgIpc) is 2.61. The van der Waals surface area contributed by atoms with Crippen LogP contribution < -0.4 is 5.73 Å². The third-order valence-electron chi connectivity index (χ3n) is 2.00. The second-order valence-corrected chi connectivity index (χ2v) is 3.01. The Kier molecular flexibility index (Phi) is 2.10. The largest absolute Gasteiger partial charge is 0.445 e. The van der Waals surface area contributed by atoms with E-state index >= 15 is 0 Å². The number of fused-ring (bicyclic) bond motifs is 1. The Bertz CT molecular complexity index is 462. The molecular formula is C10H10N2O2. The van der Waals surface area contributed by atoms with E-state index in [4.69, 9.17) is 5.73 Å². The number of rotatable bonds is 2. The van der Waals surface area contributed by atoms with Gasteiger partial charge in [-0.2, -0.15) is 0 Å². The molecule has 0 bridgehead atoms. The summed E-state index contributed by atoms with van der Waals surface area (Å²) in [5, 5.41) is 1.09. The van der Waals surface area contributed by atoms with E-state index in [0.29, 0.717) is 0 Å². The molecule has 0 unspecified atom stereocenters. The number of amides is 1. The summed E-state index contributed by atoms with van der Waals surface area (Å²) >= 11 is 0. The summed E-state index contributed by atoms with van der Waals surface area (Å²) in [6.07, 6.45) is 1.11. The molecule has 0 fully saturated rings. The molecule has 3 N–H and O–H groups in total. The molecule has 0 atom stereocenters. The summed E-state index contributed by atoms with van der Waals surface area (Å²) in [5.41, 5.74) is 6.86. The maximum Gasteiger partial charge on any atom is 0.404 e. The number of nitrogens with one attached hydrogen (secondary N) is 1. The third kappa shape index (κ3) is 1.69. The fourth-order valence-corrected chi connectivity index (χ4v) is 1.35. The van der Waals surface area contributed by atoms with Crippen molar-refractivity contribution in [3.8, 4) is 0 Å². The number of ether oxygens (including phenoxy) is 1. The van der Waals surface area contributed by atoms with Crippen molar-refractivity contribution in [2.75, 3.05) is 0 Å². The smallest absolute Gasteiger partial charge is 0.404 e. The van der Waals surface area contributed by atoms with E-state index in [1.807, 2.05) is 30.5 Å².